The molecule has 2 aromatic rings. The van der Waals surface area contributed by atoms with Crippen molar-refractivity contribution in [1.29, 1.82) is 0 Å². The molecular weight excluding hydrogens is 212 g/mol. The number of nitrogens with one attached hydrogen (secondary N) is 1. The van der Waals surface area contributed by atoms with Crippen LogP contribution in [-0.4, -0.2) is 9.78 Å². The van der Waals surface area contributed by atoms with Crippen molar-refractivity contribution in [1.82, 2.24) is 9.78 Å². The largest absolute Gasteiger partial charge is 0.397 e. The second-order valence-corrected chi connectivity index (χ2v) is 4.11. The highest BCUT2D eigenvalue weighted by atomic mass is 15.3. The zero-order valence-electron chi connectivity index (χ0n) is 10.3. The SMILES string of the molecule is CCn1ccc(CNc2ccc(C)cc2N)n1. The van der Waals surface area contributed by atoms with E-state index in [2.05, 4.69) is 17.3 Å². The minimum atomic E-state index is 0.695. The van der Waals surface area contributed by atoms with Gasteiger partial charge in [-0.2, -0.15) is 5.10 Å². The van der Waals surface area contributed by atoms with Crippen LogP contribution < -0.4 is 11.1 Å². The lowest BCUT2D eigenvalue weighted by Gasteiger charge is -2.08. The van der Waals surface area contributed by atoms with Gasteiger partial charge in [-0.05, 0) is 37.6 Å². The Morgan fingerprint density at radius 2 is 2.18 bits per heavy atom. The van der Waals surface area contributed by atoms with Crippen LogP contribution in [0.5, 0.6) is 0 Å². The molecule has 0 saturated heterocycles. The molecule has 17 heavy (non-hydrogen) atoms. The molecule has 2 rings (SSSR count). The average Bonchev–Trinajstić information content (AvgIpc) is 2.76. The van der Waals surface area contributed by atoms with E-state index >= 15 is 0 Å². The maximum Gasteiger partial charge on any atom is 0.0815 e. The number of aromatic nitrogens is 2. The lowest BCUT2D eigenvalue weighted by molar-refractivity contribution is 0.649. The first-order valence-corrected chi connectivity index (χ1v) is 5.81. The minimum Gasteiger partial charge on any atom is -0.397 e. The molecule has 90 valence electrons. The van der Waals surface area contributed by atoms with Crippen LogP contribution >= 0.6 is 0 Å². The monoisotopic (exact) mass is 230 g/mol. The fraction of sp³-hybridized carbons (Fsp3) is 0.308. The predicted octanol–water partition coefficient (Wildman–Crippen LogP) is 2.41. The van der Waals surface area contributed by atoms with E-state index in [1.165, 1.54) is 5.56 Å². The van der Waals surface area contributed by atoms with Crippen LogP contribution in [0.4, 0.5) is 11.4 Å². The lowest BCUT2D eigenvalue weighted by Crippen LogP contribution is -2.04. The van der Waals surface area contributed by atoms with E-state index in [1.54, 1.807) is 0 Å². The molecular formula is C13H18N4. The van der Waals surface area contributed by atoms with E-state index in [4.69, 9.17) is 5.73 Å². The fourth-order valence-corrected chi connectivity index (χ4v) is 1.70. The summed E-state index contributed by atoms with van der Waals surface area (Å²) in [6, 6.07) is 8.03. The van der Waals surface area contributed by atoms with Crippen molar-refractivity contribution < 1.29 is 0 Å². The molecule has 0 aliphatic heterocycles. The first-order valence-electron chi connectivity index (χ1n) is 5.81. The summed E-state index contributed by atoms with van der Waals surface area (Å²) in [5.41, 5.74) is 9.86. The number of aryl methyl sites for hydroxylation is 2. The van der Waals surface area contributed by atoms with E-state index in [-0.39, 0.29) is 0 Å². The summed E-state index contributed by atoms with van der Waals surface area (Å²) >= 11 is 0. The number of hydrogen-bond donors (Lipinski definition) is 2. The zero-order chi connectivity index (χ0) is 12.3. The molecule has 0 radical (unpaired) electrons. The number of nitrogens with two attached hydrogens (primary N) is 1. The molecule has 0 amide bonds. The van der Waals surface area contributed by atoms with Crippen LogP contribution in [0.3, 0.4) is 0 Å². The van der Waals surface area contributed by atoms with Gasteiger partial charge in [0.25, 0.3) is 0 Å². The molecule has 1 heterocycles. The molecule has 0 spiro atoms. The maximum absolute atomic E-state index is 5.93. The Morgan fingerprint density at radius 1 is 1.35 bits per heavy atom. The van der Waals surface area contributed by atoms with E-state index in [0.717, 1.165) is 23.6 Å². The van der Waals surface area contributed by atoms with Gasteiger partial charge >= 0.3 is 0 Å². The van der Waals surface area contributed by atoms with Crippen LogP contribution in [0.15, 0.2) is 30.5 Å². The summed E-state index contributed by atoms with van der Waals surface area (Å²) < 4.78 is 1.91. The summed E-state index contributed by atoms with van der Waals surface area (Å²) in [5.74, 6) is 0. The van der Waals surface area contributed by atoms with E-state index in [9.17, 15) is 0 Å². The highest BCUT2D eigenvalue weighted by molar-refractivity contribution is 5.66. The van der Waals surface area contributed by atoms with Crippen LogP contribution in [0.2, 0.25) is 0 Å². The molecule has 1 aromatic carbocycles. The average molecular weight is 230 g/mol. The van der Waals surface area contributed by atoms with Gasteiger partial charge in [0.05, 0.1) is 23.6 Å². The van der Waals surface area contributed by atoms with Crippen LogP contribution in [0, 0.1) is 6.92 Å². The summed E-state index contributed by atoms with van der Waals surface area (Å²) in [6.45, 7) is 5.69. The molecule has 1 aromatic heterocycles. The lowest BCUT2D eigenvalue weighted by atomic mass is 10.2. The molecule has 0 atom stereocenters. The molecule has 0 saturated carbocycles. The van der Waals surface area contributed by atoms with Gasteiger partial charge in [0, 0.05) is 12.7 Å². The van der Waals surface area contributed by atoms with Gasteiger partial charge in [-0.3, -0.25) is 4.68 Å². The fourth-order valence-electron chi connectivity index (χ4n) is 1.70. The Bertz CT molecular complexity index is 502. The van der Waals surface area contributed by atoms with Gasteiger partial charge in [0.1, 0.15) is 0 Å². The Hall–Kier alpha value is -1.97. The van der Waals surface area contributed by atoms with Gasteiger partial charge in [-0.25, -0.2) is 0 Å². The molecule has 0 fully saturated rings. The smallest absolute Gasteiger partial charge is 0.0815 e. The molecule has 4 nitrogen and oxygen atoms in total. The second-order valence-electron chi connectivity index (χ2n) is 4.11. The Balaban J connectivity index is 2.02. The second kappa shape index (κ2) is 4.91. The summed E-state index contributed by atoms with van der Waals surface area (Å²) in [6.07, 6.45) is 1.98. The van der Waals surface area contributed by atoms with Gasteiger partial charge in [-0.1, -0.05) is 6.07 Å². The molecule has 0 aliphatic carbocycles. The van der Waals surface area contributed by atoms with Crippen molar-refractivity contribution in [3.05, 3.63) is 41.7 Å². The van der Waals surface area contributed by atoms with E-state index in [1.807, 2.05) is 42.1 Å². The van der Waals surface area contributed by atoms with E-state index < -0.39 is 0 Å². The van der Waals surface area contributed by atoms with Gasteiger partial charge < -0.3 is 11.1 Å². The number of benzene rings is 1. The third-order valence-electron chi connectivity index (χ3n) is 2.69. The third kappa shape index (κ3) is 2.78. The van der Waals surface area contributed by atoms with Gasteiger partial charge in [0.2, 0.25) is 0 Å². The zero-order valence-corrected chi connectivity index (χ0v) is 10.3. The summed E-state index contributed by atoms with van der Waals surface area (Å²) in [7, 11) is 0. The minimum absolute atomic E-state index is 0.695. The van der Waals surface area contributed by atoms with Crippen molar-refractivity contribution in [2.24, 2.45) is 0 Å². The van der Waals surface area contributed by atoms with Crippen molar-refractivity contribution in [2.45, 2.75) is 26.9 Å². The Morgan fingerprint density at radius 3 is 2.82 bits per heavy atom. The van der Waals surface area contributed by atoms with Crippen molar-refractivity contribution >= 4 is 11.4 Å². The first-order chi connectivity index (χ1) is 8.19. The van der Waals surface area contributed by atoms with Crippen molar-refractivity contribution in [3.63, 3.8) is 0 Å². The molecule has 0 aliphatic rings. The van der Waals surface area contributed by atoms with Gasteiger partial charge in [0.15, 0.2) is 0 Å². The number of anilines is 2. The predicted molar refractivity (Wildman–Crippen MR) is 70.8 cm³/mol. The quantitative estimate of drug-likeness (QED) is 0.793. The molecule has 3 N–H and O–H groups in total. The summed E-state index contributed by atoms with van der Waals surface area (Å²) in [4.78, 5) is 0. The number of nitrogens with zero attached hydrogens (tertiary/aromatic N) is 2. The number of nitrogen functional groups attached to an aromatic ring is 1. The summed E-state index contributed by atoms with van der Waals surface area (Å²) in [5, 5.41) is 7.70. The number of hydrogen-bond acceptors (Lipinski definition) is 3. The highest BCUT2D eigenvalue weighted by Crippen LogP contribution is 2.19. The van der Waals surface area contributed by atoms with Crippen LogP contribution in [0.25, 0.3) is 0 Å². The Labute approximate surface area is 101 Å². The topological polar surface area (TPSA) is 55.9 Å². The van der Waals surface area contributed by atoms with Gasteiger partial charge in [-0.15, -0.1) is 0 Å². The third-order valence-corrected chi connectivity index (χ3v) is 2.69. The van der Waals surface area contributed by atoms with Crippen molar-refractivity contribution in [3.8, 4) is 0 Å². The van der Waals surface area contributed by atoms with E-state index in [0.29, 0.717) is 6.54 Å². The molecule has 0 bridgehead atoms. The standard InChI is InChI=1S/C13H18N4/c1-3-17-7-6-11(16-17)9-15-13-5-4-10(2)8-12(13)14/h4-8,15H,3,9,14H2,1-2H3. The Kier molecular flexibility index (Phi) is 3.32. The normalized spacial score (nSPS) is 10.5. The van der Waals surface area contributed by atoms with Crippen LogP contribution in [0.1, 0.15) is 18.2 Å². The van der Waals surface area contributed by atoms with Crippen molar-refractivity contribution in [2.75, 3.05) is 11.1 Å². The van der Waals surface area contributed by atoms with Crippen LogP contribution in [-0.2, 0) is 13.1 Å². The molecule has 4 heteroatoms. The highest BCUT2D eigenvalue weighted by Gasteiger charge is 2.01. The first kappa shape index (κ1) is 11.5. The molecule has 0 unspecified atom stereocenters. The maximum atomic E-state index is 5.93. The number of rotatable bonds is 4.